The van der Waals surface area contributed by atoms with E-state index >= 15 is 0 Å². The van der Waals surface area contributed by atoms with Crippen LogP contribution in [-0.4, -0.2) is 48.8 Å². The predicted octanol–water partition coefficient (Wildman–Crippen LogP) is 1.47. The molecule has 1 rings (SSSR count). The minimum Gasteiger partial charge on any atom is -0.393 e. The van der Waals surface area contributed by atoms with E-state index in [1.807, 2.05) is 6.92 Å². The summed E-state index contributed by atoms with van der Waals surface area (Å²) in [5, 5.41) is 12.8. The molecule has 1 aliphatic rings. The Balaban J connectivity index is 2.14. The third kappa shape index (κ3) is 5.83. The van der Waals surface area contributed by atoms with Gasteiger partial charge in [0.1, 0.15) is 0 Å². The first-order valence-electron chi connectivity index (χ1n) is 6.83. The standard InChI is InChI=1S/C13H28N2O/c1-3-7-14-10-13-5-4-8-15(11-13)9-6-12(2)16/h12-14,16H,3-11H2,1-2H3. The van der Waals surface area contributed by atoms with Gasteiger partial charge in [0, 0.05) is 13.1 Å². The van der Waals surface area contributed by atoms with E-state index in [2.05, 4.69) is 17.1 Å². The maximum atomic E-state index is 9.28. The van der Waals surface area contributed by atoms with Crippen molar-refractivity contribution in [2.24, 2.45) is 5.92 Å². The molecule has 2 unspecified atom stereocenters. The van der Waals surface area contributed by atoms with Crippen molar-refractivity contribution >= 4 is 0 Å². The minimum atomic E-state index is -0.154. The second-order valence-corrected chi connectivity index (χ2v) is 5.15. The van der Waals surface area contributed by atoms with Crippen LogP contribution in [0.25, 0.3) is 0 Å². The quantitative estimate of drug-likeness (QED) is 0.648. The van der Waals surface area contributed by atoms with Crippen LogP contribution in [0.5, 0.6) is 0 Å². The van der Waals surface area contributed by atoms with Crippen LogP contribution in [0, 0.1) is 5.92 Å². The molecule has 2 N–H and O–H groups in total. The first-order valence-corrected chi connectivity index (χ1v) is 6.83. The van der Waals surface area contributed by atoms with Crippen LogP contribution in [0.1, 0.15) is 39.5 Å². The molecule has 16 heavy (non-hydrogen) atoms. The largest absolute Gasteiger partial charge is 0.393 e. The third-order valence-corrected chi connectivity index (χ3v) is 3.33. The van der Waals surface area contributed by atoms with E-state index < -0.39 is 0 Å². The number of hydrogen-bond donors (Lipinski definition) is 2. The first-order chi connectivity index (χ1) is 7.72. The SMILES string of the molecule is CCCNCC1CCCN(CCC(C)O)C1. The lowest BCUT2D eigenvalue weighted by Gasteiger charge is -2.33. The van der Waals surface area contributed by atoms with Crippen molar-refractivity contribution in [3.05, 3.63) is 0 Å². The number of rotatable bonds is 7. The second-order valence-electron chi connectivity index (χ2n) is 5.15. The van der Waals surface area contributed by atoms with Crippen molar-refractivity contribution in [1.29, 1.82) is 0 Å². The molecule has 0 radical (unpaired) electrons. The Bertz CT molecular complexity index is 173. The summed E-state index contributed by atoms with van der Waals surface area (Å²) in [5.74, 6) is 0.814. The normalized spacial score (nSPS) is 24.6. The van der Waals surface area contributed by atoms with Gasteiger partial charge in [-0.05, 0) is 58.2 Å². The highest BCUT2D eigenvalue weighted by molar-refractivity contribution is 4.74. The zero-order valence-corrected chi connectivity index (χ0v) is 10.9. The van der Waals surface area contributed by atoms with Gasteiger partial charge in [0.2, 0.25) is 0 Å². The Kier molecular flexibility index (Phi) is 7.01. The number of aliphatic hydroxyl groups is 1. The molecule has 1 fully saturated rings. The number of likely N-dealkylation sites (tertiary alicyclic amines) is 1. The van der Waals surface area contributed by atoms with Crippen LogP contribution in [-0.2, 0) is 0 Å². The average molecular weight is 228 g/mol. The predicted molar refractivity (Wildman–Crippen MR) is 68.6 cm³/mol. The Morgan fingerprint density at radius 3 is 3.00 bits per heavy atom. The summed E-state index contributed by atoms with van der Waals surface area (Å²) in [7, 11) is 0. The van der Waals surface area contributed by atoms with E-state index in [0.717, 1.165) is 25.4 Å². The van der Waals surface area contributed by atoms with Crippen molar-refractivity contribution in [1.82, 2.24) is 10.2 Å². The summed E-state index contributed by atoms with van der Waals surface area (Å²) in [4.78, 5) is 2.51. The minimum absolute atomic E-state index is 0.154. The number of nitrogens with zero attached hydrogens (tertiary/aromatic N) is 1. The molecular formula is C13H28N2O. The molecule has 0 amide bonds. The lowest BCUT2D eigenvalue weighted by atomic mass is 9.97. The Hall–Kier alpha value is -0.120. The van der Waals surface area contributed by atoms with Gasteiger partial charge in [0.25, 0.3) is 0 Å². The molecule has 96 valence electrons. The fraction of sp³-hybridized carbons (Fsp3) is 1.00. The number of hydrogen-bond acceptors (Lipinski definition) is 3. The van der Waals surface area contributed by atoms with Crippen LogP contribution in [0.4, 0.5) is 0 Å². The van der Waals surface area contributed by atoms with Crippen molar-refractivity contribution in [3.63, 3.8) is 0 Å². The molecule has 0 bridgehead atoms. The van der Waals surface area contributed by atoms with E-state index in [4.69, 9.17) is 0 Å². The third-order valence-electron chi connectivity index (χ3n) is 3.33. The molecular weight excluding hydrogens is 200 g/mol. The van der Waals surface area contributed by atoms with Crippen LogP contribution in [0.2, 0.25) is 0 Å². The maximum Gasteiger partial charge on any atom is 0.0524 e. The van der Waals surface area contributed by atoms with Gasteiger partial charge in [-0.25, -0.2) is 0 Å². The van der Waals surface area contributed by atoms with Crippen molar-refractivity contribution in [3.8, 4) is 0 Å². The molecule has 0 aromatic carbocycles. The molecule has 0 aromatic heterocycles. The van der Waals surface area contributed by atoms with Crippen LogP contribution >= 0.6 is 0 Å². The maximum absolute atomic E-state index is 9.28. The van der Waals surface area contributed by atoms with Crippen molar-refractivity contribution < 1.29 is 5.11 Å². The fourth-order valence-corrected chi connectivity index (χ4v) is 2.37. The van der Waals surface area contributed by atoms with Crippen molar-refractivity contribution in [2.45, 2.75) is 45.6 Å². The zero-order chi connectivity index (χ0) is 11.8. The van der Waals surface area contributed by atoms with Crippen LogP contribution < -0.4 is 5.32 Å². The monoisotopic (exact) mass is 228 g/mol. The van der Waals surface area contributed by atoms with E-state index in [0.29, 0.717) is 0 Å². The topological polar surface area (TPSA) is 35.5 Å². The number of aliphatic hydroxyl groups excluding tert-OH is 1. The molecule has 1 saturated heterocycles. The fourth-order valence-electron chi connectivity index (χ4n) is 2.37. The molecule has 0 aliphatic carbocycles. The summed E-state index contributed by atoms with van der Waals surface area (Å²) in [5.41, 5.74) is 0. The summed E-state index contributed by atoms with van der Waals surface area (Å²) in [6.07, 6.45) is 4.66. The van der Waals surface area contributed by atoms with E-state index in [9.17, 15) is 5.11 Å². The van der Waals surface area contributed by atoms with Gasteiger partial charge < -0.3 is 15.3 Å². The van der Waals surface area contributed by atoms with Crippen LogP contribution in [0.15, 0.2) is 0 Å². The molecule has 0 aromatic rings. The second kappa shape index (κ2) is 8.04. The molecule has 3 nitrogen and oxygen atoms in total. The lowest BCUT2D eigenvalue weighted by molar-refractivity contribution is 0.127. The summed E-state index contributed by atoms with van der Waals surface area (Å²) in [6, 6.07) is 0. The Morgan fingerprint density at radius 1 is 1.50 bits per heavy atom. The van der Waals surface area contributed by atoms with Crippen LogP contribution in [0.3, 0.4) is 0 Å². The number of piperidine rings is 1. The van der Waals surface area contributed by atoms with Gasteiger partial charge in [0.15, 0.2) is 0 Å². The molecule has 3 heteroatoms. The average Bonchev–Trinajstić information content (AvgIpc) is 2.27. The van der Waals surface area contributed by atoms with E-state index in [-0.39, 0.29) is 6.10 Å². The highest BCUT2D eigenvalue weighted by atomic mass is 16.3. The molecule has 0 spiro atoms. The van der Waals surface area contributed by atoms with Gasteiger partial charge in [-0.3, -0.25) is 0 Å². The van der Waals surface area contributed by atoms with Gasteiger partial charge >= 0.3 is 0 Å². The molecule has 1 aliphatic heterocycles. The van der Waals surface area contributed by atoms with Gasteiger partial charge in [-0.1, -0.05) is 6.92 Å². The van der Waals surface area contributed by atoms with Gasteiger partial charge in [-0.15, -0.1) is 0 Å². The lowest BCUT2D eigenvalue weighted by Crippen LogP contribution is -2.40. The summed E-state index contributed by atoms with van der Waals surface area (Å²) in [6.45, 7) is 9.89. The summed E-state index contributed by atoms with van der Waals surface area (Å²) >= 11 is 0. The summed E-state index contributed by atoms with van der Waals surface area (Å²) < 4.78 is 0. The van der Waals surface area contributed by atoms with E-state index in [1.54, 1.807) is 0 Å². The highest BCUT2D eigenvalue weighted by Crippen LogP contribution is 2.16. The smallest absolute Gasteiger partial charge is 0.0524 e. The molecule has 0 saturated carbocycles. The molecule has 2 atom stereocenters. The highest BCUT2D eigenvalue weighted by Gasteiger charge is 2.19. The Morgan fingerprint density at radius 2 is 2.31 bits per heavy atom. The Labute approximate surface area is 100 Å². The van der Waals surface area contributed by atoms with Crippen molar-refractivity contribution in [2.75, 3.05) is 32.7 Å². The van der Waals surface area contributed by atoms with E-state index in [1.165, 1.54) is 38.9 Å². The zero-order valence-electron chi connectivity index (χ0n) is 10.9. The molecule has 1 heterocycles. The van der Waals surface area contributed by atoms with Gasteiger partial charge in [0.05, 0.1) is 6.10 Å². The first kappa shape index (κ1) is 13.9. The number of nitrogens with one attached hydrogen (secondary N) is 1. The van der Waals surface area contributed by atoms with Gasteiger partial charge in [-0.2, -0.15) is 0 Å².